The molecule has 112 valence electrons. The van der Waals surface area contributed by atoms with E-state index in [2.05, 4.69) is 11.8 Å². The summed E-state index contributed by atoms with van der Waals surface area (Å²) in [5.41, 5.74) is 6.57. The number of fused-ring (bicyclic) bond motifs is 1. The molecule has 0 bridgehead atoms. The zero-order valence-electron chi connectivity index (χ0n) is 12.5. The first-order valence-corrected chi connectivity index (χ1v) is 8.60. The molecule has 0 saturated carbocycles. The zero-order chi connectivity index (χ0) is 14.8. The van der Waals surface area contributed by atoms with E-state index >= 15 is 0 Å². The lowest BCUT2D eigenvalue weighted by atomic mass is 9.98. The second-order valence-corrected chi connectivity index (χ2v) is 6.93. The number of amides is 1. The molecule has 0 radical (unpaired) electrons. The molecule has 1 amide bonds. The Morgan fingerprint density at radius 2 is 2.24 bits per heavy atom. The van der Waals surface area contributed by atoms with Gasteiger partial charge in [0, 0.05) is 23.0 Å². The van der Waals surface area contributed by atoms with Gasteiger partial charge in [-0.05, 0) is 55.3 Å². The first-order chi connectivity index (χ1) is 10.2. The van der Waals surface area contributed by atoms with Gasteiger partial charge in [-0.1, -0.05) is 13.3 Å². The lowest BCUT2D eigenvalue weighted by Gasteiger charge is -2.35. The Bertz CT molecular complexity index is 647. The summed E-state index contributed by atoms with van der Waals surface area (Å²) in [6, 6.07) is 8.27. The number of carbonyl (C=O) groups excluding carboxylic acids is 1. The van der Waals surface area contributed by atoms with Crippen LogP contribution in [0.2, 0.25) is 0 Å². The van der Waals surface area contributed by atoms with Crippen LogP contribution in [0, 0.1) is 0 Å². The molecule has 1 saturated heterocycles. The van der Waals surface area contributed by atoms with Gasteiger partial charge in [-0.15, -0.1) is 11.3 Å². The predicted molar refractivity (Wildman–Crippen MR) is 89.8 cm³/mol. The van der Waals surface area contributed by atoms with Crippen LogP contribution in [0.25, 0.3) is 10.1 Å². The number of hydrogen-bond acceptors (Lipinski definition) is 3. The fourth-order valence-electron chi connectivity index (χ4n) is 3.21. The number of carbonyl (C=O) groups is 1. The number of hydrogen-bond donors (Lipinski definition) is 1. The molecule has 1 aromatic heterocycles. The summed E-state index contributed by atoms with van der Waals surface area (Å²) < 4.78 is 1.14. The average molecular weight is 302 g/mol. The minimum atomic E-state index is 0.202. The largest absolute Gasteiger partial charge is 0.399 e. The lowest BCUT2D eigenvalue weighted by molar-refractivity contribution is 0.0606. The molecule has 2 aromatic rings. The summed E-state index contributed by atoms with van der Waals surface area (Å²) >= 11 is 1.58. The molecule has 2 heterocycles. The number of nitrogens with two attached hydrogens (primary N) is 1. The highest BCUT2D eigenvalue weighted by molar-refractivity contribution is 7.20. The van der Waals surface area contributed by atoms with Gasteiger partial charge in [0.05, 0.1) is 4.88 Å². The molecule has 1 fully saturated rings. The Morgan fingerprint density at radius 1 is 1.38 bits per heavy atom. The van der Waals surface area contributed by atoms with Gasteiger partial charge in [0.15, 0.2) is 0 Å². The number of piperidine rings is 1. The second-order valence-electron chi connectivity index (χ2n) is 5.84. The fourth-order valence-corrected chi connectivity index (χ4v) is 4.21. The molecule has 3 rings (SSSR count). The van der Waals surface area contributed by atoms with Crippen LogP contribution < -0.4 is 5.73 Å². The zero-order valence-corrected chi connectivity index (χ0v) is 13.3. The molecular formula is C17H22N2OS. The number of benzene rings is 1. The summed E-state index contributed by atoms with van der Waals surface area (Å²) in [4.78, 5) is 15.8. The highest BCUT2D eigenvalue weighted by Crippen LogP contribution is 2.30. The van der Waals surface area contributed by atoms with E-state index in [1.165, 1.54) is 6.42 Å². The number of thiophene rings is 1. The van der Waals surface area contributed by atoms with E-state index in [4.69, 9.17) is 5.73 Å². The Kier molecular flexibility index (Phi) is 4.15. The third-order valence-electron chi connectivity index (χ3n) is 4.26. The van der Waals surface area contributed by atoms with Gasteiger partial charge in [-0.2, -0.15) is 0 Å². The predicted octanol–water partition coefficient (Wildman–Crippen LogP) is 4.28. The molecule has 1 unspecified atom stereocenters. The quantitative estimate of drug-likeness (QED) is 0.860. The number of nitrogen functional groups attached to an aromatic ring is 1. The van der Waals surface area contributed by atoms with Gasteiger partial charge in [-0.25, -0.2) is 0 Å². The van der Waals surface area contributed by atoms with E-state index in [1.807, 2.05) is 24.3 Å². The highest BCUT2D eigenvalue weighted by Gasteiger charge is 2.27. The molecule has 1 aliphatic rings. The molecule has 3 nitrogen and oxygen atoms in total. The SMILES string of the molecule is CCCC1CCCCN1C(=O)c1cc2cc(N)ccc2s1. The van der Waals surface area contributed by atoms with Crippen LogP contribution in [0.15, 0.2) is 24.3 Å². The van der Waals surface area contributed by atoms with Crippen LogP contribution in [-0.2, 0) is 0 Å². The summed E-state index contributed by atoms with van der Waals surface area (Å²) in [6.07, 6.45) is 5.78. The standard InChI is InChI=1S/C17H22N2OS/c1-2-5-14-6-3-4-9-19(14)17(20)16-11-12-10-13(18)7-8-15(12)21-16/h7-8,10-11,14H,2-6,9,18H2,1H3. The fraction of sp³-hybridized carbons (Fsp3) is 0.471. The van der Waals surface area contributed by atoms with Crippen LogP contribution in [0.1, 0.15) is 48.7 Å². The number of rotatable bonds is 3. The van der Waals surface area contributed by atoms with Crippen molar-refractivity contribution in [1.82, 2.24) is 4.90 Å². The van der Waals surface area contributed by atoms with Gasteiger partial charge >= 0.3 is 0 Å². The molecule has 2 N–H and O–H groups in total. The Hall–Kier alpha value is -1.55. The van der Waals surface area contributed by atoms with Crippen molar-refractivity contribution in [3.63, 3.8) is 0 Å². The summed E-state index contributed by atoms with van der Waals surface area (Å²) in [7, 11) is 0. The van der Waals surface area contributed by atoms with Crippen molar-refractivity contribution in [2.45, 2.75) is 45.1 Å². The molecule has 4 heteroatoms. The molecule has 1 atom stereocenters. The van der Waals surface area contributed by atoms with E-state index in [1.54, 1.807) is 11.3 Å². The maximum atomic E-state index is 12.8. The van der Waals surface area contributed by atoms with Crippen LogP contribution in [0.4, 0.5) is 5.69 Å². The summed E-state index contributed by atoms with van der Waals surface area (Å²) in [6.45, 7) is 3.10. The maximum Gasteiger partial charge on any atom is 0.264 e. The first-order valence-electron chi connectivity index (χ1n) is 7.79. The van der Waals surface area contributed by atoms with Crippen molar-refractivity contribution in [1.29, 1.82) is 0 Å². The smallest absolute Gasteiger partial charge is 0.264 e. The average Bonchev–Trinajstić information content (AvgIpc) is 2.90. The number of likely N-dealkylation sites (tertiary alicyclic amines) is 1. The van der Waals surface area contributed by atoms with Crippen LogP contribution in [-0.4, -0.2) is 23.4 Å². The summed E-state index contributed by atoms with van der Waals surface area (Å²) in [5.74, 6) is 0.202. The molecule has 0 aliphatic carbocycles. The van der Waals surface area contributed by atoms with Gasteiger partial charge in [0.1, 0.15) is 0 Å². The summed E-state index contributed by atoms with van der Waals surface area (Å²) in [5, 5.41) is 1.08. The minimum absolute atomic E-state index is 0.202. The van der Waals surface area contributed by atoms with E-state index < -0.39 is 0 Å². The molecular weight excluding hydrogens is 280 g/mol. The van der Waals surface area contributed by atoms with Crippen molar-refractivity contribution < 1.29 is 4.79 Å². The first kappa shape index (κ1) is 14.4. The normalized spacial score (nSPS) is 19.1. The molecule has 1 aliphatic heterocycles. The van der Waals surface area contributed by atoms with Crippen molar-refractivity contribution in [2.24, 2.45) is 0 Å². The highest BCUT2D eigenvalue weighted by atomic mass is 32.1. The third kappa shape index (κ3) is 2.91. The lowest BCUT2D eigenvalue weighted by Crippen LogP contribution is -2.43. The van der Waals surface area contributed by atoms with Gasteiger partial charge in [0.2, 0.25) is 0 Å². The van der Waals surface area contributed by atoms with E-state index in [-0.39, 0.29) is 5.91 Å². The van der Waals surface area contributed by atoms with Crippen molar-refractivity contribution in [2.75, 3.05) is 12.3 Å². The van der Waals surface area contributed by atoms with Crippen LogP contribution in [0.5, 0.6) is 0 Å². The Morgan fingerprint density at radius 3 is 3.05 bits per heavy atom. The van der Waals surface area contributed by atoms with Crippen molar-refractivity contribution >= 4 is 33.0 Å². The molecule has 0 spiro atoms. The van der Waals surface area contributed by atoms with E-state index in [9.17, 15) is 4.79 Å². The van der Waals surface area contributed by atoms with Gasteiger partial charge < -0.3 is 10.6 Å². The van der Waals surface area contributed by atoms with E-state index in [0.29, 0.717) is 6.04 Å². The minimum Gasteiger partial charge on any atom is -0.399 e. The topological polar surface area (TPSA) is 46.3 Å². The molecule has 21 heavy (non-hydrogen) atoms. The van der Waals surface area contributed by atoms with Crippen molar-refractivity contribution in [3.8, 4) is 0 Å². The second kappa shape index (κ2) is 6.06. The van der Waals surface area contributed by atoms with Crippen LogP contribution >= 0.6 is 11.3 Å². The van der Waals surface area contributed by atoms with Crippen molar-refractivity contribution in [3.05, 3.63) is 29.1 Å². The third-order valence-corrected chi connectivity index (χ3v) is 5.37. The van der Waals surface area contributed by atoms with Crippen LogP contribution in [0.3, 0.4) is 0 Å². The number of nitrogens with zero attached hydrogens (tertiary/aromatic N) is 1. The van der Waals surface area contributed by atoms with Gasteiger partial charge in [0.25, 0.3) is 5.91 Å². The van der Waals surface area contributed by atoms with E-state index in [0.717, 1.165) is 52.9 Å². The number of anilines is 1. The monoisotopic (exact) mass is 302 g/mol. The Labute approximate surface area is 129 Å². The maximum absolute atomic E-state index is 12.8. The Balaban J connectivity index is 1.87. The van der Waals surface area contributed by atoms with Gasteiger partial charge in [-0.3, -0.25) is 4.79 Å². The molecule has 1 aromatic carbocycles.